The molecule has 1 aliphatic rings. The number of carbonyl (C=O) groups is 2. The van der Waals surface area contributed by atoms with Crippen LogP contribution in [0.4, 0.5) is 10.7 Å². The molecule has 0 saturated heterocycles. The van der Waals surface area contributed by atoms with Crippen LogP contribution in [-0.4, -0.2) is 40.2 Å². The van der Waals surface area contributed by atoms with Crippen LogP contribution in [0.5, 0.6) is 0 Å². The number of aryl methyl sites for hydroxylation is 1. The van der Waals surface area contributed by atoms with Crippen LogP contribution in [-0.2, 0) is 27.6 Å². The predicted octanol–water partition coefficient (Wildman–Crippen LogP) is 3.06. The third-order valence-electron chi connectivity index (χ3n) is 4.62. The molecule has 2 aromatic rings. The Morgan fingerprint density at radius 2 is 1.89 bits per heavy atom. The highest BCUT2D eigenvalue weighted by Crippen LogP contribution is 2.39. The largest absolute Gasteiger partial charge is 0.462 e. The van der Waals surface area contributed by atoms with Gasteiger partial charge in [0.2, 0.25) is 10.0 Å². The average Bonchev–Trinajstić information content (AvgIpc) is 3.21. The summed E-state index contributed by atoms with van der Waals surface area (Å²) in [4.78, 5) is 26.2. The number of sulfonamides is 1. The molecule has 0 aliphatic heterocycles. The van der Waals surface area contributed by atoms with Crippen molar-refractivity contribution in [1.82, 2.24) is 0 Å². The zero-order chi connectivity index (χ0) is 20.5. The number of nitrogens with one attached hydrogen (secondary N) is 1. The molecular formula is C19H22N2O5S2. The van der Waals surface area contributed by atoms with Crippen molar-refractivity contribution in [3.63, 3.8) is 0 Å². The number of benzene rings is 1. The van der Waals surface area contributed by atoms with Gasteiger partial charge < -0.3 is 10.1 Å². The minimum absolute atomic E-state index is 0.270. The number of anilines is 2. The molecule has 1 aliphatic carbocycles. The predicted molar refractivity (Wildman–Crippen MR) is 110 cm³/mol. The standard InChI is InChI=1S/C19H22N2O5S2/c1-4-26-19(23)16-14-6-5-7-15(14)27-18(16)20-17(22)12-8-10-13(11-9-12)21(2)28(3,24)25/h8-11H,4-7H2,1-3H3,(H,20,22). The molecule has 28 heavy (non-hydrogen) atoms. The topological polar surface area (TPSA) is 92.8 Å². The van der Waals surface area contributed by atoms with Crippen LogP contribution >= 0.6 is 11.3 Å². The number of carbonyl (C=O) groups excluding carboxylic acids is 2. The number of rotatable bonds is 6. The zero-order valence-electron chi connectivity index (χ0n) is 15.9. The summed E-state index contributed by atoms with van der Waals surface area (Å²) in [6.07, 6.45) is 3.81. The molecule has 0 radical (unpaired) electrons. The number of thiophene rings is 1. The highest BCUT2D eigenvalue weighted by Gasteiger charge is 2.28. The molecule has 0 bridgehead atoms. The maximum atomic E-state index is 12.7. The minimum atomic E-state index is -3.37. The summed E-state index contributed by atoms with van der Waals surface area (Å²) in [6.45, 7) is 2.02. The maximum Gasteiger partial charge on any atom is 0.341 e. The second kappa shape index (κ2) is 7.92. The normalized spacial score (nSPS) is 13.1. The Kier molecular flexibility index (Phi) is 5.76. The fourth-order valence-electron chi connectivity index (χ4n) is 3.10. The maximum absolute atomic E-state index is 12.7. The Balaban J connectivity index is 1.83. The van der Waals surface area contributed by atoms with E-state index in [0.717, 1.165) is 40.3 Å². The van der Waals surface area contributed by atoms with Crippen molar-refractivity contribution in [2.45, 2.75) is 26.2 Å². The first-order valence-corrected chi connectivity index (χ1v) is 11.6. The molecule has 1 amide bonds. The first kappa shape index (κ1) is 20.3. The molecule has 0 fully saturated rings. The van der Waals surface area contributed by atoms with Crippen LogP contribution in [0.2, 0.25) is 0 Å². The Bertz CT molecular complexity index is 1010. The lowest BCUT2D eigenvalue weighted by molar-refractivity contribution is 0.0527. The summed E-state index contributed by atoms with van der Waals surface area (Å²) in [5, 5.41) is 3.33. The lowest BCUT2D eigenvalue weighted by atomic mass is 10.1. The first-order chi connectivity index (χ1) is 13.2. The summed E-state index contributed by atoms with van der Waals surface area (Å²) < 4.78 is 29.5. The molecule has 0 atom stereocenters. The number of esters is 1. The van der Waals surface area contributed by atoms with Gasteiger partial charge in [0.05, 0.1) is 24.1 Å². The minimum Gasteiger partial charge on any atom is -0.462 e. The van der Waals surface area contributed by atoms with Gasteiger partial charge in [-0.3, -0.25) is 9.10 Å². The number of amides is 1. The van der Waals surface area contributed by atoms with E-state index in [0.29, 0.717) is 21.8 Å². The van der Waals surface area contributed by atoms with Crippen LogP contribution in [0.25, 0.3) is 0 Å². The van der Waals surface area contributed by atoms with Crippen molar-refractivity contribution in [2.75, 3.05) is 29.5 Å². The molecule has 150 valence electrons. The van der Waals surface area contributed by atoms with Gasteiger partial charge in [0, 0.05) is 17.5 Å². The van der Waals surface area contributed by atoms with Gasteiger partial charge in [0.15, 0.2) is 0 Å². The van der Waals surface area contributed by atoms with E-state index in [1.165, 1.54) is 18.4 Å². The first-order valence-electron chi connectivity index (χ1n) is 8.89. The van der Waals surface area contributed by atoms with Crippen molar-refractivity contribution in [3.8, 4) is 0 Å². The molecule has 1 aromatic carbocycles. The van der Waals surface area contributed by atoms with Gasteiger partial charge in [0.25, 0.3) is 5.91 Å². The third-order valence-corrected chi connectivity index (χ3v) is 7.03. The van der Waals surface area contributed by atoms with E-state index in [9.17, 15) is 18.0 Å². The second-order valence-electron chi connectivity index (χ2n) is 6.51. The van der Waals surface area contributed by atoms with E-state index in [-0.39, 0.29) is 12.5 Å². The Hall–Kier alpha value is -2.39. The van der Waals surface area contributed by atoms with E-state index < -0.39 is 16.0 Å². The van der Waals surface area contributed by atoms with Crippen molar-refractivity contribution in [3.05, 3.63) is 45.8 Å². The number of hydrogen-bond acceptors (Lipinski definition) is 6. The number of nitrogens with zero attached hydrogens (tertiary/aromatic N) is 1. The number of hydrogen-bond donors (Lipinski definition) is 1. The second-order valence-corrected chi connectivity index (χ2v) is 9.63. The van der Waals surface area contributed by atoms with Gasteiger partial charge in [-0.05, 0) is 56.0 Å². The van der Waals surface area contributed by atoms with E-state index in [2.05, 4.69) is 5.32 Å². The van der Waals surface area contributed by atoms with Crippen LogP contribution in [0.15, 0.2) is 24.3 Å². The van der Waals surface area contributed by atoms with E-state index >= 15 is 0 Å². The third kappa shape index (κ3) is 4.05. The SMILES string of the molecule is CCOC(=O)c1c(NC(=O)c2ccc(N(C)S(C)(=O)=O)cc2)sc2c1CCC2. The number of ether oxygens (including phenoxy) is 1. The molecule has 0 saturated carbocycles. The van der Waals surface area contributed by atoms with Gasteiger partial charge >= 0.3 is 5.97 Å². The van der Waals surface area contributed by atoms with Crippen LogP contribution < -0.4 is 9.62 Å². The van der Waals surface area contributed by atoms with Crippen molar-refractivity contribution in [1.29, 1.82) is 0 Å². The van der Waals surface area contributed by atoms with Gasteiger partial charge in [-0.2, -0.15) is 0 Å². The quantitative estimate of drug-likeness (QED) is 0.722. The lowest BCUT2D eigenvalue weighted by Gasteiger charge is -2.16. The smallest absolute Gasteiger partial charge is 0.341 e. The summed E-state index contributed by atoms with van der Waals surface area (Å²) in [7, 11) is -1.93. The number of fused-ring (bicyclic) bond motifs is 1. The van der Waals surface area contributed by atoms with Crippen molar-refractivity contribution >= 4 is 43.9 Å². The fourth-order valence-corrected chi connectivity index (χ4v) is 4.88. The van der Waals surface area contributed by atoms with Gasteiger partial charge in [0.1, 0.15) is 5.00 Å². The highest BCUT2D eigenvalue weighted by atomic mass is 32.2. The Morgan fingerprint density at radius 3 is 2.50 bits per heavy atom. The Morgan fingerprint density at radius 1 is 1.21 bits per heavy atom. The summed E-state index contributed by atoms with van der Waals surface area (Å²) in [5.41, 5.74) is 2.26. The molecule has 9 heteroatoms. The molecule has 0 spiro atoms. The van der Waals surface area contributed by atoms with Gasteiger partial charge in [-0.1, -0.05) is 0 Å². The van der Waals surface area contributed by atoms with Crippen molar-refractivity contribution in [2.24, 2.45) is 0 Å². The summed E-state index contributed by atoms with van der Waals surface area (Å²) >= 11 is 1.42. The summed E-state index contributed by atoms with van der Waals surface area (Å²) in [5.74, 6) is -0.777. The molecule has 0 unspecified atom stereocenters. The van der Waals surface area contributed by atoms with Crippen molar-refractivity contribution < 1.29 is 22.7 Å². The van der Waals surface area contributed by atoms with Crippen LogP contribution in [0.1, 0.15) is 44.5 Å². The highest BCUT2D eigenvalue weighted by molar-refractivity contribution is 7.92. The monoisotopic (exact) mass is 422 g/mol. The van der Waals surface area contributed by atoms with Gasteiger partial charge in [-0.25, -0.2) is 13.2 Å². The van der Waals surface area contributed by atoms with E-state index in [1.54, 1.807) is 31.2 Å². The zero-order valence-corrected chi connectivity index (χ0v) is 17.6. The molecule has 1 heterocycles. The molecular weight excluding hydrogens is 400 g/mol. The average molecular weight is 423 g/mol. The van der Waals surface area contributed by atoms with Crippen LogP contribution in [0.3, 0.4) is 0 Å². The van der Waals surface area contributed by atoms with Gasteiger partial charge in [-0.15, -0.1) is 11.3 Å². The fraction of sp³-hybridized carbons (Fsp3) is 0.368. The molecule has 1 aromatic heterocycles. The molecule has 1 N–H and O–H groups in total. The lowest BCUT2D eigenvalue weighted by Crippen LogP contribution is -2.24. The van der Waals surface area contributed by atoms with E-state index in [4.69, 9.17) is 4.74 Å². The van der Waals surface area contributed by atoms with E-state index in [1.807, 2.05) is 0 Å². The van der Waals surface area contributed by atoms with Crippen LogP contribution in [0, 0.1) is 0 Å². The Labute approximate surface area is 168 Å². The molecule has 7 nitrogen and oxygen atoms in total. The summed E-state index contributed by atoms with van der Waals surface area (Å²) in [6, 6.07) is 6.24. The molecule has 3 rings (SSSR count).